The number of hydrogen-bond donors (Lipinski definition) is 1. The predicted molar refractivity (Wildman–Crippen MR) is 102 cm³/mol. The summed E-state index contributed by atoms with van der Waals surface area (Å²) < 4.78 is 10.2. The lowest BCUT2D eigenvalue weighted by molar-refractivity contribution is -0.159. The standard InChI is InChI=1S/C21H24N2O6/c1-11(23-19(25)17-12-6-7-13(8-12)18(17)20(23)26)21(27)29-10-16(24)22-14-4-3-5-15(9-14)28-2/h3-5,9,11-13,17-18H,6-8,10H2,1-2H3,(H,22,24)/t11-,12-,13+,17-,18+/m1/s1. The van der Waals surface area contributed by atoms with Crippen molar-refractivity contribution >= 4 is 29.4 Å². The number of likely N-dealkylation sites (tertiary alicyclic amines) is 1. The van der Waals surface area contributed by atoms with Gasteiger partial charge in [-0.25, -0.2) is 4.79 Å². The van der Waals surface area contributed by atoms with Gasteiger partial charge in [0.05, 0.1) is 18.9 Å². The van der Waals surface area contributed by atoms with E-state index in [-0.39, 0.29) is 35.5 Å². The quantitative estimate of drug-likeness (QED) is 0.575. The van der Waals surface area contributed by atoms with Gasteiger partial charge < -0.3 is 14.8 Å². The minimum atomic E-state index is -1.04. The first-order valence-corrected chi connectivity index (χ1v) is 9.88. The molecule has 0 unspecified atom stereocenters. The molecule has 1 aromatic rings. The summed E-state index contributed by atoms with van der Waals surface area (Å²) in [6.45, 7) is 0.968. The Labute approximate surface area is 168 Å². The van der Waals surface area contributed by atoms with E-state index in [1.54, 1.807) is 24.3 Å². The number of amides is 3. The highest BCUT2D eigenvalue weighted by molar-refractivity contribution is 6.08. The van der Waals surface area contributed by atoms with Crippen LogP contribution in [0.25, 0.3) is 0 Å². The number of rotatable bonds is 6. The first-order chi connectivity index (χ1) is 13.9. The van der Waals surface area contributed by atoms with Crippen LogP contribution in [0.2, 0.25) is 0 Å². The van der Waals surface area contributed by atoms with E-state index in [2.05, 4.69) is 5.32 Å². The topological polar surface area (TPSA) is 102 Å². The van der Waals surface area contributed by atoms with E-state index >= 15 is 0 Å². The molecule has 2 bridgehead atoms. The highest BCUT2D eigenvalue weighted by atomic mass is 16.5. The van der Waals surface area contributed by atoms with Crippen LogP contribution >= 0.6 is 0 Å². The van der Waals surface area contributed by atoms with E-state index in [1.165, 1.54) is 14.0 Å². The van der Waals surface area contributed by atoms with Crippen molar-refractivity contribution in [1.29, 1.82) is 0 Å². The molecule has 1 heterocycles. The molecule has 3 aliphatic rings. The molecule has 0 aromatic heterocycles. The fourth-order valence-electron chi connectivity index (χ4n) is 5.07. The van der Waals surface area contributed by atoms with Gasteiger partial charge in [0.1, 0.15) is 11.8 Å². The SMILES string of the molecule is COc1cccc(NC(=O)COC(=O)[C@@H](C)N2C(=O)[C@@H]3[C@@H]4CC[C@@H](C4)[C@@H]3C2=O)c1. The van der Waals surface area contributed by atoms with Crippen LogP contribution in [0.4, 0.5) is 5.69 Å². The van der Waals surface area contributed by atoms with Crippen molar-refractivity contribution in [1.82, 2.24) is 4.90 Å². The summed E-state index contributed by atoms with van der Waals surface area (Å²) in [6, 6.07) is 5.74. The summed E-state index contributed by atoms with van der Waals surface area (Å²) in [5.41, 5.74) is 0.506. The second kappa shape index (κ2) is 7.50. The Balaban J connectivity index is 1.33. The Hall–Kier alpha value is -2.90. The van der Waals surface area contributed by atoms with Crippen LogP contribution in [0.5, 0.6) is 5.75 Å². The first-order valence-electron chi connectivity index (χ1n) is 9.88. The molecule has 5 atom stereocenters. The minimum Gasteiger partial charge on any atom is -0.497 e. The average molecular weight is 400 g/mol. The Morgan fingerprint density at radius 3 is 2.45 bits per heavy atom. The zero-order valence-corrected chi connectivity index (χ0v) is 16.4. The third-order valence-electron chi connectivity index (χ3n) is 6.39. The molecule has 1 aliphatic heterocycles. The summed E-state index contributed by atoms with van der Waals surface area (Å²) >= 11 is 0. The number of carbonyl (C=O) groups is 4. The lowest BCUT2D eigenvalue weighted by Gasteiger charge is -2.23. The van der Waals surface area contributed by atoms with Crippen molar-refractivity contribution in [2.24, 2.45) is 23.7 Å². The fourth-order valence-corrected chi connectivity index (χ4v) is 5.07. The highest BCUT2D eigenvalue weighted by Crippen LogP contribution is 2.56. The van der Waals surface area contributed by atoms with Crippen LogP contribution in [0, 0.1) is 23.7 Å². The van der Waals surface area contributed by atoms with Gasteiger partial charge in [-0.15, -0.1) is 0 Å². The number of esters is 1. The van der Waals surface area contributed by atoms with Crippen molar-refractivity contribution in [3.05, 3.63) is 24.3 Å². The number of ether oxygens (including phenoxy) is 2. The number of nitrogens with zero attached hydrogens (tertiary/aromatic N) is 1. The zero-order valence-electron chi connectivity index (χ0n) is 16.4. The molecule has 8 heteroatoms. The summed E-state index contributed by atoms with van der Waals surface area (Å²) in [4.78, 5) is 51.1. The molecule has 3 fully saturated rings. The summed E-state index contributed by atoms with van der Waals surface area (Å²) in [5.74, 6) is -1.30. The third kappa shape index (κ3) is 3.36. The van der Waals surface area contributed by atoms with Gasteiger partial charge in [-0.3, -0.25) is 19.3 Å². The van der Waals surface area contributed by atoms with Gasteiger partial charge in [-0.05, 0) is 50.2 Å². The Morgan fingerprint density at radius 1 is 1.17 bits per heavy atom. The third-order valence-corrected chi connectivity index (χ3v) is 6.39. The molecule has 8 nitrogen and oxygen atoms in total. The molecule has 4 rings (SSSR count). The van der Waals surface area contributed by atoms with Crippen LogP contribution in [-0.4, -0.2) is 48.3 Å². The number of carbonyl (C=O) groups excluding carboxylic acids is 4. The second-order valence-corrected chi connectivity index (χ2v) is 8.00. The van der Waals surface area contributed by atoms with Crippen LogP contribution in [0.1, 0.15) is 26.2 Å². The van der Waals surface area contributed by atoms with Gasteiger partial charge >= 0.3 is 5.97 Å². The fraction of sp³-hybridized carbons (Fsp3) is 0.524. The number of hydrogen-bond acceptors (Lipinski definition) is 6. The van der Waals surface area contributed by atoms with E-state index in [9.17, 15) is 19.2 Å². The first kappa shape index (κ1) is 19.4. The van der Waals surface area contributed by atoms with Crippen LogP contribution in [0.15, 0.2) is 24.3 Å². The lowest BCUT2D eigenvalue weighted by atomic mass is 9.81. The number of anilines is 1. The van der Waals surface area contributed by atoms with Crippen LogP contribution in [-0.2, 0) is 23.9 Å². The second-order valence-electron chi connectivity index (χ2n) is 8.00. The van der Waals surface area contributed by atoms with Crippen molar-refractivity contribution in [2.45, 2.75) is 32.2 Å². The summed E-state index contributed by atoms with van der Waals surface area (Å²) in [6.07, 6.45) is 2.88. The van der Waals surface area contributed by atoms with E-state index in [1.807, 2.05) is 0 Å². The Kier molecular flexibility index (Phi) is 5.02. The van der Waals surface area contributed by atoms with Gasteiger partial charge in [0.2, 0.25) is 11.8 Å². The van der Waals surface area contributed by atoms with Crippen molar-refractivity contribution < 1.29 is 28.7 Å². The molecule has 0 spiro atoms. The van der Waals surface area contributed by atoms with Crippen molar-refractivity contribution in [3.8, 4) is 5.75 Å². The lowest BCUT2D eigenvalue weighted by Crippen LogP contribution is -2.45. The highest BCUT2D eigenvalue weighted by Gasteiger charge is 2.62. The largest absolute Gasteiger partial charge is 0.497 e. The number of fused-ring (bicyclic) bond motifs is 5. The van der Waals surface area contributed by atoms with Crippen molar-refractivity contribution in [2.75, 3.05) is 19.0 Å². The molecule has 2 aliphatic carbocycles. The predicted octanol–water partition coefficient (Wildman–Crippen LogP) is 1.60. The molecular weight excluding hydrogens is 376 g/mol. The molecule has 0 radical (unpaired) electrons. The monoisotopic (exact) mass is 400 g/mol. The average Bonchev–Trinajstić information content (AvgIpc) is 3.39. The molecular formula is C21H24N2O6. The van der Waals surface area contributed by atoms with E-state index in [4.69, 9.17) is 9.47 Å². The van der Waals surface area contributed by atoms with Gasteiger partial charge in [-0.1, -0.05) is 6.07 Å². The van der Waals surface area contributed by atoms with Gasteiger partial charge in [-0.2, -0.15) is 0 Å². The van der Waals surface area contributed by atoms with Crippen LogP contribution < -0.4 is 10.1 Å². The molecule has 29 heavy (non-hydrogen) atoms. The Morgan fingerprint density at radius 2 is 1.83 bits per heavy atom. The summed E-state index contributed by atoms with van der Waals surface area (Å²) in [5, 5.41) is 2.61. The molecule has 154 valence electrons. The van der Waals surface area contributed by atoms with E-state index in [0.29, 0.717) is 11.4 Å². The van der Waals surface area contributed by atoms with E-state index in [0.717, 1.165) is 24.2 Å². The number of benzene rings is 1. The Bertz CT molecular complexity index is 840. The van der Waals surface area contributed by atoms with Crippen molar-refractivity contribution in [3.63, 3.8) is 0 Å². The molecule has 3 amide bonds. The minimum absolute atomic E-state index is 0.253. The van der Waals surface area contributed by atoms with Gasteiger partial charge in [0.15, 0.2) is 6.61 Å². The summed E-state index contributed by atoms with van der Waals surface area (Å²) in [7, 11) is 1.52. The number of imide groups is 1. The van der Waals surface area contributed by atoms with Crippen LogP contribution in [0.3, 0.4) is 0 Å². The molecule has 2 saturated carbocycles. The smallest absolute Gasteiger partial charge is 0.329 e. The maximum absolute atomic E-state index is 12.8. The normalized spacial score (nSPS) is 28.3. The maximum atomic E-state index is 12.8. The molecule has 1 aromatic carbocycles. The molecule has 1 N–H and O–H groups in total. The number of methoxy groups -OCH3 is 1. The van der Waals surface area contributed by atoms with E-state index < -0.39 is 24.5 Å². The van der Waals surface area contributed by atoms with Gasteiger partial charge in [0.25, 0.3) is 5.91 Å². The molecule has 1 saturated heterocycles. The van der Waals surface area contributed by atoms with Gasteiger partial charge in [0, 0.05) is 11.8 Å². The number of nitrogens with one attached hydrogen (secondary N) is 1. The zero-order chi connectivity index (χ0) is 20.7. The maximum Gasteiger partial charge on any atom is 0.329 e.